The average Bonchev–Trinajstić information content (AvgIpc) is 3.53. The van der Waals surface area contributed by atoms with Gasteiger partial charge in [-0.2, -0.15) is 10.2 Å². The quantitative estimate of drug-likeness (QED) is 0.418. The molecule has 0 aliphatic carbocycles. The van der Waals surface area contributed by atoms with Crippen molar-refractivity contribution < 1.29 is 14.3 Å². The number of aldehydes is 1. The fourth-order valence-electron chi connectivity index (χ4n) is 2.29. The number of carbonyl (C=O) groups excluding carboxylic acids is 1. The van der Waals surface area contributed by atoms with Crippen molar-refractivity contribution in [2.24, 2.45) is 0 Å². The van der Waals surface area contributed by atoms with Gasteiger partial charge in [-0.25, -0.2) is 19.3 Å². The van der Waals surface area contributed by atoms with Gasteiger partial charge in [-0.3, -0.25) is 4.79 Å². The smallest absolute Gasteiger partial charge is 0.212 e. The van der Waals surface area contributed by atoms with Crippen molar-refractivity contribution in [3.05, 3.63) is 57.0 Å². The first-order valence-electron chi connectivity index (χ1n) is 8.16. The number of halogens is 2. The minimum absolute atomic E-state index is 0.227. The van der Waals surface area contributed by atoms with Gasteiger partial charge in [-0.15, -0.1) is 0 Å². The van der Waals surface area contributed by atoms with E-state index in [1.54, 1.807) is 34.0 Å². The molecule has 1 aliphatic rings. The third kappa shape index (κ3) is 4.55. The van der Waals surface area contributed by atoms with Gasteiger partial charge in [0.2, 0.25) is 10.3 Å². The maximum absolute atomic E-state index is 10.5. The molecule has 0 amide bonds. The fraction of sp³-hybridized carbons (Fsp3) is 0.188. The Morgan fingerprint density at radius 1 is 0.966 bits per heavy atom. The van der Waals surface area contributed by atoms with Crippen molar-refractivity contribution in [1.29, 1.82) is 0 Å². The summed E-state index contributed by atoms with van der Waals surface area (Å²) in [6.45, 7) is 1.19. The van der Waals surface area contributed by atoms with Crippen molar-refractivity contribution in [3.63, 3.8) is 0 Å². The number of rotatable bonds is 4. The number of nitrogens with zero attached hydrogens (tertiary/aromatic N) is 6. The predicted molar refractivity (Wildman–Crippen MR) is 109 cm³/mol. The molecule has 4 aromatic rings. The van der Waals surface area contributed by atoms with Crippen molar-refractivity contribution in [3.8, 4) is 10.3 Å². The van der Waals surface area contributed by atoms with Crippen LogP contribution in [0.3, 0.4) is 0 Å². The summed E-state index contributed by atoms with van der Waals surface area (Å²) in [5.74, 6) is 0. The molecule has 0 radical (unpaired) electrons. The van der Waals surface area contributed by atoms with Crippen LogP contribution in [-0.4, -0.2) is 49.0 Å². The summed E-state index contributed by atoms with van der Waals surface area (Å²) in [6, 6.07) is 3.60. The molecule has 9 nitrogen and oxygen atoms in total. The van der Waals surface area contributed by atoms with E-state index in [0.717, 1.165) is 4.88 Å². The van der Waals surface area contributed by atoms with Crippen LogP contribution in [0.5, 0.6) is 0 Å². The second-order valence-electron chi connectivity index (χ2n) is 5.40. The highest BCUT2D eigenvalue weighted by Crippen LogP contribution is 2.35. The Hall–Kier alpha value is -2.15. The highest BCUT2D eigenvalue weighted by Gasteiger charge is 2.25. The maximum atomic E-state index is 10.5. The SMILES string of the molecule is Clc1nc(-n2cccn2)sc1C1OCCO1.O=Cc1sc(-n2cccn2)nc1Cl. The van der Waals surface area contributed by atoms with Crippen LogP contribution in [0.1, 0.15) is 20.8 Å². The third-order valence-corrected chi connectivity index (χ3v) is 6.38. The van der Waals surface area contributed by atoms with Crippen molar-refractivity contribution in [2.45, 2.75) is 6.29 Å². The molecule has 1 fully saturated rings. The van der Waals surface area contributed by atoms with Crippen LogP contribution in [-0.2, 0) is 9.47 Å². The lowest BCUT2D eigenvalue weighted by molar-refractivity contribution is -0.0413. The number of carbonyl (C=O) groups is 1. The Kier molecular flexibility index (Phi) is 6.33. The van der Waals surface area contributed by atoms with E-state index in [2.05, 4.69) is 20.2 Å². The summed E-state index contributed by atoms with van der Waals surface area (Å²) in [5.41, 5.74) is 0. The van der Waals surface area contributed by atoms with Gasteiger partial charge in [-0.05, 0) is 12.1 Å². The summed E-state index contributed by atoms with van der Waals surface area (Å²) >= 11 is 14.4. The Balaban J connectivity index is 0.000000145. The van der Waals surface area contributed by atoms with Crippen molar-refractivity contribution in [1.82, 2.24) is 29.5 Å². The zero-order chi connectivity index (χ0) is 20.2. The number of ether oxygens (including phenoxy) is 2. The maximum Gasteiger partial charge on any atom is 0.212 e. The molecule has 0 atom stereocenters. The number of thiazole rings is 2. The number of hydrogen-bond acceptors (Lipinski definition) is 9. The molecule has 0 N–H and O–H groups in total. The number of hydrogen-bond donors (Lipinski definition) is 0. The summed E-state index contributed by atoms with van der Waals surface area (Å²) in [5, 5.41) is 10.0. The van der Waals surface area contributed by atoms with Gasteiger partial charge >= 0.3 is 0 Å². The second kappa shape index (κ2) is 9.11. The van der Waals surface area contributed by atoms with Crippen LogP contribution < -0.4 is 0 Å². The van der Waals surface area contributed by atoms with Gasteiger partial charge in [0.15, 0.2) is 22.9 Å². The van der Waals surface area contributed by atoms with Crippen molar-refractivity contribution in [2.75, 3.05) is 13.2 Å². The molecular weight excluding hydrogens is 459 g/mol. The summed E-state index contributed by atoms with van der Waals surface area (Å²) in [7, 11) is 0. The lowest BCUT2D eigenvalue weighted by Gasteiger charge is -2.04. The molecule has 0 bridgehead atoms. The van der Waals surface area contributed by atoms with E-state index in [-0.39, 0.29) is 11.4 Å². The van der Waals surface area contributed by atoms with Crippen LogP contribution in [0.25, 0.3) is 10.3 Å². The molecule has 29 heavy (non-hydrogen) atoms. The normalized spacial score (nSPS) is 14.0. The first kappa shape index (κ1) is 20.1. The molecule has 150 valence electrons. The average molecular weight is 471 g/mol. The largest absolute Gasteiger partial charge is 0.345 e. The minimum Gasteiger partial charge on any atom is -0.345 e. The van der Waals surface area contributed by atoms with Crippen molar-refractivity contribution >= 4 is 52.2 Å². The highest BCUT2D eigenvalue weighted by atomic mass is 35.5. The Bertz CT molecular complexity index is 1070. The molecule has 5 rings (SSSR count). The van der Waals surface area contributed by atoms with E-state index in [9.17, 15) is 4.79 Å². The monoisotopic (exact) mass is 470 g/mol. The molecule has 5 heterocycles. The summed E-state index contributed by atoms with van der Waals surface area (Å²) < 4.78 is 14.0. The zero-order valence-corrected chi connectivity index (χ0v) is 17.7. The summed E-state index contributed by atoms with van der Waals surface area (Å²) in [6.07, 6.45) is 7.19. The van der Waals surface area contributed by atoms with E-state index in [1.165, 1.54) is 22.7 Å². The lowest BCUT2D eigenvalue weighted by atomic mass is 10.5. The lowest BCUT2D eigenvalue weighted by Crippen LogP contribution is -1.95. The molecule has 13 heteroatoms. The van der Waals surface area contributed by atoms with E-state index in [1.807, 2.05) is 12.3 Å². The van der Waals surface area contributed by atoms with Crippen LogP contribution in [0.4, 0.5) is 0 Å². The standard InChI is InChI=1S/C9H8ClN3O2S.C7H4ClN3OS/c10-7-6(8-14-4-5-15-8)16-9(12-7)13-3-1-2-11-13;8-6-5(4-12)13-7(10-6)11-3-1-2-9-11/h1-3,8H,4-5H2;1-4H. The predicted octanol–water partition coefficient (Wildman–Crippen LogP) is 3.82. The molecule has 4 aromatic heterocycles. The zero-order valence-electron chi connectivity index (χ0n) is 14.5. The molecule has 0 saturated carbocycles. The van der Waals surface area contributed by atoms with Gasteiger partial charge in [0.05, 0.1) is 13.2 Å². The third-order valence-electron chi connectivity index (χ3n) is 3.54. The van der Waals surface area contributed by atoms with Gasteiger partial charge < -0.3 is 9.47 Å². The Labute approximate surface area is 182 Å². The molecule has 1 saturated heterocycles. The van der Waals surface area contributed by atoms with E-state index < -0.39 is 0 Å². The number of aromatic nitrogens is 6. The highest BCUT2D eigenvalue weighted by molar-refractivity contribution is 7.16. The topological polar surface area (TPSA) is 97.0 Å². The fourth-order valence-corrected chi connectivity index (χ4v) is 4.53. The molecule has 1 aliphatic heterocycles. The van der Waals surface area contributed by atoms with E-state index in [4.69, 9.17) is 32.7 Å². The molecular formula is C16H12Cl2N6O3S2. The van der Waals surface area contributed by atoms with E-state index >= 15 is 0 Å². The Morgan fingerprint density at radius 2 is 1.55 bits per heavy atom. The van der Waals surface area contributed by atoms with Crippen LogP contribution in [0.15, 0.2) is 36.9 Å². The van der Waals surface area contributed by atoms with E-state index in [0.29, 0.717) is 39.8 Å². The first-order valence-corrected chi connectivity index (χ1v) is 10.6. The van der Waals surface area contributed by atoms with Crippen LogP contribution in [0.2, 0.25) is 10.3 Å². The second-order valence-corrected chi connectivity index (χ2v) is 8.13. The van der Waals surface area contributed by atoms with Crippen LogP contribution in [0, 0.1) is 0 Å². The summed E-state index contributed by atoms with van der Waals surface area (Å²) in [4.78, 5) is 19.9. The van der Waals surface area contributed by atoms with Gasteiger partial charge in [0, 0.05) is 24.8 Å². The molecule has 0 aromatic carbocycles. The van der Waals surface area contributed by atoms with Gasteiger partial charge in [0.25, 0.3) is 0 Å². The van der Waals surface area contributed by atoms with Gasteiger partial charge in [-0.1, -0.05) is 45.9 Å². The molecule has 0 spiro atoms. The minimum atomic E-state index is -0.380. The van der Waals surface area contributed by atoms with Crippen LogP contribution >= 0.6 is 45.9 Å². The molecule has 0 unspecified atom stereocenters. The Morgan fingerprint density at radius 3 is 2.07 bits per heavy atom. The van der Waals surface area contributed by atoms with Gasteiger partial charge in [0.1, 0.15) is 9.75 Å². The first-order chi connectivity index (χ1) is 14.2.